The molecule has 0 radical (unpaired) electrons. The minimum absolute atomic E-state index is 0.0726. The van der Waals surface area contributed by atoms with Crippen LogP contribution >= 0.6 is 0 Å². The predicted octanol–water partition coefficient (Wildman–Crippen LogP) is 1.20. The largest absolute Gasteiger partial charge is 0.307 e. The molecule has 6 heteroatoms. The molecule has 1 N–H and O–H groups in total. The van der Waals surface area contributed by atoms with E-state index in [2.05, 4.69) is 32.3 Å². The number of hydrogen-bond donors (Lipinski definition) is 1. The summed E-state index contributed by atoms with van der Waals surface area (Å²) in [5.41, 5.74) is 1.07. The van der Waals surface area contributed by atoms with Gasteiger partial charge in [0.2, 0.25) is 0 Å². The Bertz CT molecular complexity index is 504. The number of rotatable bonds is 6. The van der Waals surface area contributed by atoms with Crippen molar-refractivity contribution in [2.24, 2.45) is 7.05 Å². The first-order valence-electron chi connectivity index (χ1n) is 6.55. The van der Waals surface area contributed by atoms with E-state index in [9.17, 15) is 0 Å². The number of nitrogens with one attached hydrogen (secondary N) is 1. The summed E-state index contributed by atoms with van der Waals surface area (Å²) in [4.78, 5) is 13.1. The van der Waals surface area contributed by atoms with Crippen LogP contribution in [0.1, 0.15) is 36.6 Å². The maximum atomic E-state index is 4.41. The van der Waals surface area contributed by atoms with E-state index in [0.29, 0.717) is 0 Å². The van der Waals surface area contributed by atoms with Crippen LogP contribution in [0.5, 0.6) is 0 Å². The molecule has 0 aliphatic rings. The summed E-state index contributed by atoms with van der Waals surface area (Å²) < 4.78 is 1.79. The summed E-state index contributed by atoms with van der Waals surface area (Å²) >= 11 is 0. The van der Waals surface area contributed by atoms with Gasteiger partial charge in [0.25, 0.3) is 0 Å². The van der Waals surface area contributed by atoms with Gasteiger partial charge in [0.15, 0.2) is 0 Å². The van der Waals surface area contributed by atoms with Crippen LogP contribution < -0.4 is 5.32 Å². The number of aryl methyl sites for hydroxylation is 2. The molecule has 2 aromatic rings. The van der Waals surface area contributed by atoms with Gasteiger partial charge < -0.3 is 5.32 Å². The fourth-order valence-electron chi connectivity index (χ4n) is 1.84. The Labute approximate surface area is 113 Å². The fraction of sp³-hybridized carbons (Fsp3) is 0.538. The van der Waals surface area contributed by atoms with Crippen molar-refractivity contribution in [1.29, 1.82) is 0 Å². The molecule has 0 saturated carbocycles. The summed E-state index contributed by atoms with van der Waals surface area (Å²) in [6.07, 6.45) is 7.07. The summed E-state index contributed by atoms with van der Waals surface area (Å²) in [6.45, 7) is 5.06. The second-order valence-electron chi connectivity index (χ2n) is 4.63. The van der Waals surface area contributed by atoms with Gasteiger partial charge in [0.1, 0.15) is 18.0 Å². The van der Waals surface area contributed by atoms with Crippen molar-refractivity contribution in [2.75, 3.05) is 6.54 Å². The number of nitrogens with zero attached hydrogens (tertiary/aromatic N) is 5. The molecule has 2 rings (SSSR count). The van der Waals surface area contributed by atoms with Gasteiger partial charge in [-0.3, -0.25) is 4.68 Å². The summed E-state index contributed by atoms with van der Waals surface area (Å²) in [6, 6.07) is 0.0726. The lowest BCUT2D eigenvalue weighted by atomic mass is 10.1. The molecule has 19 heavy (non-hydrogen) atoms. The van der Waals surface area contributed by atoms with E-state index in [0.717, 1.165) is 36.6 Å². The smallest absolute Gasteiger partial charge is 0.145 e. The van der Waals surface area contributed by atoms with Crippen molar-refractivity contribution in [3.05, 3.63) is 35.9 Å². The third-order valence-electron chi connectivity index (χ3n) is 2.95. The Morgan fingerprint density at radius 2 is 2.00 bits per heavy atom. The predicted molar refractivity (Wildman–Crippen MR) is 72.5 cm³/mol. The Kier molecular flexibility index (Phi) is 4.57. The molecule has 0 fully saturated rings. The van der Waals surface area contributed by atoms with Gasteiger partial charge in [-0.25, -0.2) is 15.0 Å². The van der Waals surface area contributed by atoms with Crippen LogP contribution in [0.2, 0.25) is 0 Å². The van der Waals surface area contributed by atoms with Crippen molar-refractivity contribution in [2.45, 2.75) is 32.7 Å². The molecule has 0 saturated heterocycles. The monoisotopic (exact) mass is 260 g/mol. The first-order chi connectivity index (χ1) is 9.20. The molecule has 102 valence electrons. The average Bonchev–Trinajstić information content (AvgIpc) is 2.81. The van der Waals surface area contributed by atoms with Gasteiger partial charge in [-0.15, -0.1) is 0 Å². The quantitative estimate of drug-likeness (QED) is 0.845. The van der Waals surface area contributed by atoms with Crippen LogP contribution in [0, 0.1) is 6.92 Å². The third-order valence-corrected chi connectivity index (χ3v) is 2.95. The highest BCUT2D eigenvalue weighted by atomic mass is 15.3. The van der Waals surface area contributed by atoms with Gasteiger partial charge >= 0.3 is 0 Å². The molecule has 6 nitrogen and oxygen atoms in total. The van der Waals surface area contributed by atoms with E-state index >= 15 is 0 Å². The van der Waals surface area contributed by atoms with Gasteiger partial charge in [0, 0.05) is 25.9 Å². The SMILES string of the molecule is CCCNC(Cc1ncnn1C)c1ncc(C)cn1. The zero-order valence-corrected chi connectivity index (χ0v) is 11.7. The Morgan fingerprint density at radius 1 is 1.26 bits per heavy atom. The molecule has 0 aliphatic carbocycles. The Hall–Kier alpha value is -1.82. The first-order valence-corrected chi connectivity index (χ1v) is 6.55. The highest BCUT2D eigenvalue weighted by Crippen LogP contribution is 2.13. The Morgan fingerprint density at radius 3 is 2.58 bits per heavy atom. The maximum absolute atomic E-state index is 4.41. The molecule has 0 bridgehead atoms. The minimum atomic E-state index is 0.0726. The third kappa shape index (κ3) is 3.57. The van der Waals surface area contributed by atoms with Crippen LogP contribution in [-0.2, 0) is 13.5 Å². The lowest BCUT2D eigenvalue weighted by molar-refractivity contribution is 0.484. The fourth-order valence-corrected chi connectivity index (χ4v) is 1.84. The molecule has 0 amide bonds. The average molecular weight is 260 g/mol. The zero-order valence-electron chi connectivity index (χ0n) is 11.7. The summed E-state index contributed by atoms with van der Waals surface area (Å²) in [5, 5.41) is 7.56. The zero-order chi connectivity index (χ0) is 13.7. The van der Waals surface area contributed by atoms with Crippen LogP contribution in [0.15, 0.2) is 18.7 Å². The molecule has 2 heterocycles. The van der Waals surface area contributed by atoms with Gasteiger partial charge in [0.05, 0.1) is 6.04 Å². The summed E-state index contributed by atoms with van der Waals surface area (Å²) in [5.74, 6) is 1.74. The highest BCUT2D eigenvalue weighted by Gasteiger charge is 2.16. The topological polar surface area (TPSA) is 68.5 Å². The molecule has 1 unspecified atom stereocenters. The van der Waals surface area contributed by atoms with E-state index in [4.69, 9.17) is 0 Å². The van der Waals surface area contributed by atoms with E-state index in [1.807, 2.05) is 26.4 Å². The van der Waals surface area contributed by atoms with E-state index in [1.165, 1.54) is 0 Å². The Balaban J connectivity index is 2.15. The first kappa shape index (κ1) is 13.6. The lowest BCUT2D eigenvalue weighted by Crippen LogP contribution is -2.27. The van der Waals surface area contributed by atoms with Crippen molar-refractivity contribution in [1.82, 2.24) is 30.0 Å². The molecular weight excluding hydrogens is 240 g/mol. The molecule has 0 spiro atoms. The molecule has 0 aromatic carbocycles. The van der Waals surface area contributed by atoms with Crippen LogP contribution in [0.25, 0.3) is 0 Å². The second-order valence-corrected chi connectivity index (χ2v) is 4.63. The van der Waals surface area contributed by atoms with E-state index < -0.39 is 0 Å². The standard InChI is InChI=1S/C13H20N6/c1-4-5-14-11(6-12-17-9-18-19(12)3)13-15-7-10(2)8-16-13/h7-9,11,14H,4-6H2,1-3H3. The van der Waals surface area contributed by atoms with Crippen LogP contribution in [0.4, 0.5) is 0 Å². The highest BCUT2D eigenvalue weighted by molar-refractivity contribution is 5.06. The molecule has 2 aromatic heterocycles. The molecular formula is C13H20N6. The van der Waals surface area contributed by atoms with Crippen molar-refractivity contribution in [3.8, 4) is 0 Å². The second kappa shape index (κ2) is 6.38. The number of hydrogen-bond acceptors (Lipinski definition) is 5. The van der Waals surface area contributed by atoms with Crippen molar-refractivity contribution >= 4 is 0 Å². The van der Waals surface area contributed by atoms with E-state index in [-0.39, 0.29) is 6.04 Å². The normalized spacial score (nSPS) is 12.6. The van der Waals surface area contributed by atoms with Crippen LogP contribution in [-0.4, -0.2) is 31.3 Å². The number of aromatic nitrogens is 5. The molecule has 0 aliphatic heterocycles. The van der Waals surface area contributed by atoms with Gasteiger partial charge in [-0.05, 0) is 25.5 Å². The molecule has 1 atom stereocenters. The maximum Gasteiger partial charge on any atom is 0.145 e. The van der Waals surface area contributed by atoms with Gasteiger partial charge in [-0.1, -0.05) is 6.92 Å². The lowest BCUT2D eigenvalue weighted by Gasteiger charge is -2.16. The summed E-state index contributed by atoms with van der Waals surface area (Å²) in [7, 11) is 1.90. The van der Waals surface area contributed by atoms with Gasteiger partial charge in [-0.2, -0.15) is 5.10 Å². The van der Waals surface area contributed by atoms with Crippen molar-refractivity contribution < 1.29 is 0 Å². The minimum Gasteiger partial charge on any atom is -0.307 e. The van der Waals surface area contributed by atoms with E-state index in [1.54, 1.807) is 11.0 Å². The van der Waals surface area contributed by atoms with Crippen LogP contribution in [0.3, 0.4) is 0 Å². The van der Waals surface area contributed by atoms with Crippen molar-refractivity contribution in [3.63, 3.8) is 0 Å².